The number of thioether (sulfide) groups is 1. The minimum Gasteiger partial charge on any atom is -0.494 e. The molecule has 31 heavy (non-hydrogen) atoms. The molecule has 8 heteroatoms. The van der Waals surface area contributed by atoms with Crippen molar-refractivity contribution in [3.05, 3.63) is 66.7 Å². The van der Waals surface area contributed by atoms with Crippen molar-refractivity contribution in [2.24, 2.45) is 0 Å². The van der Waals surface area contributed by atoms with Gasteiger partial charge in [-0.1, -0.05) is 17.8 Å². The van der Waals surface area contributed by atoms with Gasteiger partial charge in [-0.05, 0) is 62.4 Å². The third kappa shape index (κ3) is 5.82. The molecule has 1 amide bonds. The quantitative estimate of drug-likeness (QED) is 0.287. The van der Waals surface area contributed by atoms with Gasteiger partial charge in [-0.25, -0.2) is 0 Å². The Morgan fingerprint density at radius 3 is 2.45 bits per heavy atom. The van der Waals surface area contributed by atoms with E-state index in [1.54, 1.807) is 30.3 Å². The Morgan fingerprint density at radius 1 is 1.13 bits per heavy atom. The summed E-state index contributed by atoms with van der Waals surface area (Å²) < 4.78 is 7.41. The molecule has 0 saturated heterocycles. The molecule has 0 bridgehead atoms. The van der Waals surface area contributed by atoms with Crippen molar-refractivity contribution in [3.63, 3.8) is 0 Å². The van der Waals surface area contributed by atoms with E-state index >= 15 is 0 Å². The third-order valence-electron chi connectivity index (χ3n) is 4.36. The highest BCUT2D eigenvalue weighted by atomic mass is 32.2. The molecule has 0 atom stereocenters. The Bertz CT molecular complexity index is 1060. The Hall–Kier alpha value is -3.39. The summed E-state index contributed by atoms with van der Waals surface area (Å²) in [6.07, 6.45) is 1.77. The summed E-state index contributed by atoms with van der Waals surface area (Å²) in [7, 11) is 0. The zero-order valence-corrected chi connectivity index (χ0v) is 18.3. The summed E-state index contributed by atoms with van der Waals surface area (Å²) in [5.41, 5.74) is 2.14. The summed E-state index contributed by atoms with van der Waals surface area (Å²) in [6.45, 7) is 8.38. The van der Waals surface area contributed by atoms with Crippen LogP contribution in [0.25, 0.3) is 11.4 Å². The van der Waals surface area contributed by atoms with Gasteiger partial charge in [0.2, 0.25) is 5.91 Å². The van der Waals surface area contributed by atoms with Crippen molar-refractivity contribution >= 4 is 29.1 Å². The number of nitrogens with one attached hydrogen (secondary N) is 1. The number of ether oxygens (including phenoxy) is 1. The number of hydrogen-bond acceptors (Lipinski definition) is 6. The van der Waals surface area contributed by atoms with Gasteiger partial charge >= 0.3 is 0 Å². The molecule has 160 valence electrons. The topological polar surface area (TPSA) is 86.1 Å². The molecule has 0 unspecified atom stereocenters. The lowest BCUT2D eigenvalue weighted by molar-refractivity contribution is -0.113. The van der Waals surface area contributed by atoms with Crippen LogP contribution in [0.1, 0.15) is 24.2 Å². The average Bonchev–Trinajstić information content (AvgIpc) is 3.16. The van der Waals surface area contributed by atoms with Crippen LogP contribution in [-0.4, -0.2) is 38.8 Å². The Morgan fingerprint density at radius 2 is 1.84 bits per heavy atom. The first-order chi connectivity index (χ1) is 15.0. The SMILES string of the molecule is C=CCn1c(SCC(=O)Nc2ccc(C(C)=O)cc2)nnc1-c1ccc(OCC)cc1. The van der Waals surface area contributed by atoms with Crippen molar-refractivity contribution in [2.75, 3.05) is 17.7 Å². The molecule has 2 aromatic carbocycles. The van der Waals surface area contributed by atoms with E-state index in [2.05, 4.69) is 22.1 Å². The van der Waals surface area contributed by atoms with Crippen molar-refractivity contribution < 1.29 is 14.3 Å². The average molecular weight is 437 g/mol. The monoisotopic (exact) mass is 436 g/mol. The normalized spacial score (nSPS) is 10.5. The molecule has 1 N–H and O–H groups in total. The van der Waals surface area contributed by atoms with E-state index in [0.717, 1.165) is 11.3 Å². The van der Waals surface area contributed by atoms with Crippen LogP contribution in [0, 0.1) is 0 Å². The lowest BCUT2D eigenvalue weighted by Gasteiger charge is -2.09. The number of anilines is 1. The first-order valence-electron chi connectivity index (χ1n) is 9.82. The first-order valence-corrected chi connectivity index (χ1v) is 10.8. The van der Waals surface area contributed by atoms with Gasteiger partial charge < -0.3 is 10.1 Å². The third-order valence-corrected chi connectivity index (χ3v) is 5.33. The number of carbonyl (C=O) groups is 2. The second-order valence-corrected chi connectivity index (χ2v) is 7.58. The van der Waals surface area contributed by atoms with Crippen molar-refractivity contribution in [1.82, 2.24) is 14.8 Å². The summed E-state index contributed by atoms with van der Waals surface area (Å²) in [6, 6.07) is 14.4. The number of nitrogens with zero attached hydrogens (tertiary/aromatic N) is 3. The molecule has 1 aromatic heterocycles. The Labute approximate surface area is 185 Å². The van der Waals surface area contributed by atoms with E-state index in [1.807, 2.05) is 35.8 Å². The van der Waals surface area contributed by atoms with Gasteiger partial charge in [-0.15, -0.1) is 16.8 Å². The van der Waals surface area contributed by atoms with E-state index in [1.165, 1.54) is 18.7 Å². The number of rotatable bonds is 10. The Balaban J connectivity index is 1.67. The lowest BCUT2D eigenvalue weighted by Crippen LogP contribution is -2.14. The molecule has 3 rings (SSSR count). The van der Waals surface area contributed by atoms with Crippen LogP contribution in [0.3, 0.4) is 0 Å². The van der Waals surface area contributed by atoms with Crippen LogP contribution < -0.4 is 10.1 Å². The standard InChI is InChI=1S/C23H24N4O3S/c1-4-14-27-22(18-8-12-20(13-9-18)30-5-2)25-26-23(27)31-15-21(29)24-19-10-6-17(7-11-19)16(3)28/h4,6-13H,1,5,14-15H2,2-3H3,(H,24,29). The predicted octanol–water partition coefficient (Wildman–Crippen LogP) is 4.46. The van der Waals surface area contributed by atoms with Crippen LogP contribution in [0.2, 0.25) is 0 Å². The van der Waals surface area contributed by atoms with Gasteiger partial charge in [0.05, 0.1) is 12.4 Å². The van der Waals surface area contributed by atoms with Crippen molar-refractivity contribution in [1.29, 1.82) is 0 Å². The highest BCUT2D eigenvalue weighted by Crippen LogP contribution is 2.26. The molecular formula is C23H24N4O3S. The van der Waals surface area contributed by atoms with Gasteiger partial charge in [0.1, 0.15) is 5.75 Å². The molecule has 1 heterocycles. The van der Waals surface area contributed by atoms with E-state index in [-0.39, 0.29) is 17.4 Å². The van der Waals surface area contributed by atoms with Crippen LogP contribution in [0.15, 0.2) is 66.3 Å². The van der Waals surface area contributed by atoms with Gasteiger partial charge in [0, 0.05) is 23.4 Å². The van der Waals surface area contributed by atoms with Crippen LogP contribution >= 0.6 is 11.8 Å². The van der Waals surface area contributed by atoms with Gasteiger partial charge in [-0.3, -0.25) is 14.2 Å². The summed E-state index contributed by atoms with van der Waals surface area (Å²) >= 11 is 1.30. The van der Waals surface area contributed by atoms with Gasteiger partial charge in [-0.2, -0.15) is 0 Å². The number of Topliss-reactive ketones (excluding diaryl/α,β-unsaturated/α-hetero) is 1. The van der Waals surface area contributed by atoms with E-state index in [0.29, 0.717) is 35.4 Å². The minimum absolute atomic E-state index is 0.0154. The lowest BCUT2D eigenvalue weighted by atomic mass is 10.1. The number of hydrogen-bond donors (Lipinski definition) is 1. The molecule has 3 aromatic rings. The van der Waals surface area contributed by atoms with Crippen LogP contribution in [0.5, 0.6) is 5.75 Å². The van der Waals surface area contributed by atoms with Crippen LogP contribution in [0.4, 0.5) is 5.69 Å². The maximum Gasteiger partial charge on any atom is 0.234 e. The largest absolute Gasteiger partial charge is 0.494 e. The Kier molecular flexibility index (Phi) is 7.61. The summed E-state index contributed by atoms with van der Waals surface area (Å²) in [4.78, 5) is 23.7. The highest BCUT2D eigenvalue weighted by molar-refractivity contribution is 7.99. The molecule has 0 spiro atoms. The molecule has 0 aliphatic carbocycles. The second kappa shape index (κ2) is 10.6. The van der Waals surface area contributed by atoms with E-state index in [9.17, 15) is 9.59 Å². The zero-order valence-electron chi connectivity index (χ0n) is 17.5. The minimum atomic E-state index is -0.170. The number of allylic oxidation sites excluding steroid dienone is 1. The van der Waals surface area contributed by atoms with Crippen molar-refractivity contribution in [2.45, 2.75) is 25.5 Å². The van der Waals surface area contributed by atoms with E-state index in [4.69, 9.17) is 4.74 Å². The number of benzene rings is 2. The number of aromatic nitrogens is 3. The van der Waals surface area contributed by atoms with Gasteiger partial charge in [0.25, 0.3) is 0 Å². The highest BCUT2D eigenvalue weighted by Gasteiger charge is 2.15. The number of carbonyl (C=O) groups excluding carboxylic acids is 2. The maximum absolute atomic E-state index is 12.4. The maximum atomic E-state index is 12.4. The fourth-order valence-corrected chi connectivity index (χ4v) is 3.63. The first kappa shape index (κ1) is 22.3. The zero-order chi connectivity index (χ0) is 22.2. The molecule has 0 aliphatic rings. The number of amides is 1. The summed E-state index contributed by atoms with van der Waals surface area (Å²) in [5.74, 6) is 1.48. The molecule has 0 fully saturated rings. The van der Waals surface area contributed by atoms with E-state index < -0.39 is 0 Å². The summed E-state index contributed by atoms with van der Waals surface area (Å²) in [5, 5.41) is 12.0. The molecule has 0 radical (unpaired) electrons. The molecule has 7 nitrogen and oxygen atoms in total. The smallest absolute Gasteiger partial charge is 0.234 e. The fourth-order valence-electron chi connectivity index (χ4n) is 2.89. The molecule has 0 saturated carbocycles. The second-order valence-electron chi connectivity index (χ2n) is 6.63. The number of ketones is 1. The predicted molar refractivity (Wildman–Crippen MR) is 123 cm³/mol. The fraction of sp³-hybridized carbons (Fsp3) is 0.217. The molecule has 0 aliphatic heterocycles. The van der Waals surface area contributed by atoms with Gasteiger partial charge in [0.15, 0.2) is 16.8 Å². The molecular weight excluding hydrogens is 412 g/mol. The van der Waals surface area contributed by atoms with Crippen molar-refractivity contribution in [3.8, 4) is 17.1 Å². The van der Waals surface area contributed by atoms with Crippen LogP contribution in [-0.2, 0) is 11.3 Å².